The van der Waals surface area contributed by atoms with Crippen LogP contribution in [0.25, 0.3) is 0 Å². The Morgan fingerprint density at radius 1 is 0.571 bits per heavy atom. The summed E-state index contributed by atoms with van der Waals surface area (Å²) in [6, 6.07) is 0. The minimum atomic E-state index is -0.167. The first kappa shape index (κ1) is 29.3. The van der Waals surface area contributed by atoms with Gasteiger partial charge >= 0.3 is 0 Å². The molecule has 91 valence electrons. The average Bonchev–Trinajstić information content (AvgIpc) is 1.54. The Morgan fingerprint density at radius 2 is 0.571 bits per heavy atom. The van der Waals surface area contributed by atoms with Gasteiger partial charge in [-0.05, 0) is 41.5 Å². The molecule has 14 heavy (non-hydrogen) atoms. The van der Waals surface area contributed by atoms with E-state index in [1.807, 2.05) is 0 Å². The monoisotopic (exact) mass is 246 g/mol. The van der Waals surface area contributed by atoms with Crippen LogP contribution in [0.3, 0.4) is 0 Å². The number of aliphatic hydroxyl groups is 3. The van der Waals surface area contributed by atoms with Crippen molar-refractivity contribution < 1.29 is 33.9 Å². The van der Waals surface area contributed by atoms with Crippen LogP contribution in [0.4, 0.5) is 0 Å². The minimum absolute atomic E-state index is 0. The molecule has 0 aromatic carbocycles. The zero-order valence-electron chi connectivity index (χ0n) is 10.5. The van der Waals surface area contributed by atoms with E-state index in [-0.39, 0.29) is 44.3 Å². The quantitative estimate of drug-likeness (QED) is 0.569. The number of hydrogen-bond acceptors (Lipinski definition) is 3. The van der Waals surface area contributed by atoms with Crippen molar-refractivity contribution in [1.29, 1.82) is 0 Å². The van der Waals surface area contributed by atoms with Gasteiger partial charge in [0.15, 0.2) is 0 Å². The summed E-state index contributed by atoms with van der Waals surface area (Å²) in [7, 11) is 0. The first-order chi connectivity index (χ1) is 5.20. The maximum Gasteiger partial charge on any atom is 0.0483 e. The Morgan fingerprint density at radius 3 is 0.571 bits per heavy atom. The molecule has 0 amide bonds. The van der Waals surface area contributed by atoms with Gasteiger partial charge in [0.1, 0.15) is 0 Å². The van der Waals surface area contributed by atoms with Crippen LogP contribution < -0.4 is 0 Å². The Balaban J connectivity index is -0.0000000270. The molecule has 0 bridgehead atoms. The number of aliphatic hydroxyl groups excluding tert-OH is 3. The second-order valence-electron chi connectivity index (χ2n) is 3.28. The van der Waals surface area contributed by atoms with Gasteiger partial charge in [-0.25, -0.2) is 0 Å². The smallest absolute Gasteiger partial charge is 0.0483 e. The molecule has 0 saturated carbocycles. The fraction of sp³-hybridized carbons (Fsp3) is 0.900. The molecule has 0 heterocycles. The van der Waals surface area contributed by atoms with Crippen LogP contribution in [0.2, 0.25) is 0 Å². The van der Waals surface area contributed by atoms with Crippen LogP contribution in [0.5, 0.6) is 0 Å². The van der Waals surface area contributed by atoms with Gasteiger partial charge < -0.3 is 22.7 Å². The van der Waals surface area contributed by atoms with E-state index in [1.54, 1.807) is 41.5 Å². The molecule has 1 radical (unpaired) electrons. The van der Waals surface area contributed by atoms with Crippen molar-refractivity contribution in [2.45, 2.75) is 59.9 Å². The predicted octanol–water partition coefficient (Wildman–Crippen LogP) is 1.61. The van der Waals surface area contributed by atoms with Gasteiger partial charge in [0.2, 0.25) is 0 Å². The number of rotatable bonds is 0. The molecule has 3 nitrogen and oxygen atoms in total. The van der Waals surface area contributed by atoms with Crippen molar-refractivity contribution in [3.63, 3.8) is 0 Å². The summed E-state index contributed by atoms with van der Waals surface area (Å²) in [6.07, 6.45) is -0.500. The molecule has 0 aliphatic rings. The zero-order chi connectivity index (χ0) is 10.7. The third kappa shape index (κ3) is 7600. The Bertz CT molecular complexity index is 43.9. The Hall–Kier alpha value is 0.464. The van der Waals surface area contributed by atoms with E-state index in [0.29, 0.717) is 0 Å². The zero-order valence-corrected chi connectivity index (χ0v) is 11.9. The molecule has 3 N–H and O–H groups in total. The SMILES string of the molecule is CC(C)O.CC(C)O.CC(C)O.[CH3-].[V]. The molecule has 0 rings (SSSR count). The van der Waals surface area contributed by atoms with E-state index in [9.17, 15) is 0 Å². The topological polar surface area (TPSA) is 60.7 Å². The third-order valence-corrected chi connectivity index (χ3v) is 0. The van der Waals surface area contributed by atoms with Crippen LogP contribution in [0, 0.1) is 7.43 Å². The summed E-state index contributed by atoms with van der Waals surface area (Å²) in [5, 5.41) is 24.2. The van der Waals surface area contributed by atoms with E-state index in [1.165, 1.54) is 0 Å². The van der Waals surface area contributed by atoms with Crippen LogP contribution in [0.1, 0.15) is 41.5 Å². The molecular weight excluding hydrogens is 219 g/mol. The molecule has 0 fully saturated rings. The van der Waals surface area contributed by atoms with E-state index in [2.05, 4.69) is 0 Å². The van der Waals surface area contributed by atoms with Gasteiger partial charge in [-0.15, -0.1) is 0 Å². The van der Waals surface area contributed by atoms with Crippen molar-refractivity contribution in [3.05, 3.63) is 7.43 Å². The summed E-state index contributed by atoms with van der Waals surface area (Å²) in [5.74, 6) is 0. The number of hydrogen-bond donors (Lipinski definition) is 3. The molecular formula is C10H27O3V-. The van der Waals surface area contributed by atoms with E-state index < -0.39 is 0 Å². The van der Waals surface area contributed by atoms with Gasteiger partial charge in [-0.1, -0.05) is 0 Å². The second-order valence-corrected chi connectivity index (χ2v) is 3.28. The average molecular weight is 246 g/mol. The summed E-state index contributed by atoms with van der Waals surface area (Å²) in [4.78, 5) is 0. The normalized spacial score (nSPS) is 7.71. The van der Waals surface area contributed by atoms with Crippen LogP contribution in [0.15, 0.2) is 0 Å². The fourth-order valence-corrected chi connectivity index (χ4v) is 0. The molecule has 0 saturated heterocycles. The molecule has 0 aromatic heterocycles. The van der Waals surface area contributed by atoms with Crippen molar-refractivity contribution in [2.24, 2.45) is 0 Å². The maximum atomic E-state index is 8.06. The summed E-state index contributed by atoms with van der Waals surface area (Å²) in [5.41, 5.74) is 0. The molecule has 4 heteroatoms. The second kappa shape index (κ2) is 23.4. The maximum absolute atomic E-state index is 8.06. The van der Waals surface area contributed by atoms with Gasteiger partial charge in [-0.2, -0.15) is 0 Å². The van der Waals surface area contributed by atoms with E-state index in [4.69, 9.17) is 15.3 Å². The van der Waals surface area contributed by atoms with Gasteiger partial charge in [0.05, 0.1) is 0 Å². The largest absolute Gasteiger partial charge is 0.394 e. The molecule has 0 aliphatic heterocycles. The molecule has 0 aromatic rings. The standard InChI is InChI=1S/3C3H8O.CH3.V/c3*1-3(2)4;;/h3*3-4H,1-2H3;1H3;/q;;;-1;. The van der Waals surface area contributed by atoms with Crippen molar-refractivity contribution in [1.82, 2.24) is 0 Å². The van der Waals surface area contributed by atoms with Crippen molar-refractivity contribution in [3.8, 4) is 0 Å². The van der Waals surface area contributed by atoms with Crippen molar-refractivity contribution in [2.75, 3.05) is 0 Å². The minimum Gasteiger partial charge on any atom is -0.394 e. The summed E-state index contributed by atoms with van der Waals surface area (Å²) >= 11 is 0. The summed E-state index contributed by atoms with van der Waals surface area (Å²) in [6.45, 7) is 10.3. The molecule has 0 unspecified atom stereocenters. The Labute approximate surface area is 101 Å². The van der Waals surface area contributed by atoms with Crippen LogP contribution in [-0.4, -0.2) is 33.6 Å². The molecule has 0 spiro atoms. The first-order valence-corrected chi connectivity index (χ1v) is 4.24. The van der Waals surface area contributed by atoms with E-state index >= 15 is 0 Å². The van der Waals surface area contributed by atoms with Crippen molar-refractivity contribution >= 4 is 0 Å². The van der Waals surface area contributed by atoms with E-state index in [0.717, 1.165) is 0 Å². The summed E-state index contributed by atoms with van der Waals surface area (Å²) < 4.78 is 0. The van der Waals surface area contributed by atoms with Gasteiger partial charge in [0, 0.05) is 36.9 Å². The first-order valence-electron chi connectivity index (χ1n) is 4.24. The van der Waals surface area contributed by atoms with Crippen LogP contribution >= 0.6 is 0 Å². The molecule has 0 atom stereocenters. The third-order valence-electron chi connectivity index (χ3n) is 0. The van der Waals surface area contributed by atoms with Gasteiger partial charge in [0.25, 0.3) is 0 Å². The Kier molecular flexibility index (Phi) is 48.8. The van der Waals surface area contributed by atoms with Crippen LogP contribution in [-0.2, 0) is 18.6 Å². The molecule has 0 aliphatic carbocycles. The fourth-order valence-electron chi connectivity index (χ4n) is 0. The predicted molar refractivity (Wildman–Crippen MR) is 58.5 cm³/mol. The van der Waals surface area contributed by atoms with Gasteiger partial charge in [-0.3, -0.25) is 0 Å².